The standard InChI is InChI=1S/C7H6O2.C3H4O2.Zn/c8-7(9)6-4-2-1-3-5-6;1-2-3(4)5;/h1-5H,(H,8,9);2H,1H2,(H,4,5);/q;;+2/p-2. The van der Waals surface area contributed by atoms with E-state index in [1.165, 1.54) is 12.1 Å². The molecule has 0 bridgehead atoms. The van der Waals surface area contributed by atoms with Gasteiger partial charge in [-0.2, -0.15) is 0 Å². The molecular formula is C10H8O4Zn. The summed E-state index contributed by atoms with van der Waals surface area (Å²) in [6, 6.07) is 8.06. The second-order valence-electron chi connectivity index (χ2n) is 2.18. The van der Waals surface area contributed by atoms with Gasteiger partial charge in [0.05, 0.1) is 11.9 Å². The Balaban J connectivity index is 0. The molecule has 0 fully saturated rings. The van der Waals surface area contributed by atoms with Crippen molar-refractivity contribution in [1.29, 1.82) is 0 Å². The van der Waals surface area contributed by atoms with Crippen LogP contribution in [0.2, 0.25) is 0 Å². The Morgan fingerprint density at radius 2 is 1.53 bits per heavy atom. The molecule has 0 unspecified atom stereocenters. The van der Waals surface area contributed by atoms with Crippen molar-refractivity contribution in [2.45, 2.75) is 0 Å². The molecule has 1 rings (SSSR count). The van der Waals surface area contributed by atoms with Crippen LogP contribution in [0.15, 0.2) is 43.0 Å². The summed E-state index contributed by atoms with van der Waals surface area (Å²) in [6.45, 7) is 2.90. The molecule has 0 N–H and O–H groups in total. The molecule has 0 aliphatic carbocycles. The fourth-order valence-electron chi connectivity index (χ4n) is 0.574. The smallest absolute Gasteiger partial charge is 0.545 e. The molecule has 5 heteroatoms. The average molecular weight is 258 g/mol. The van der Waals surface area contributed by atoms with E-state index in [2.05, 4.69) is 6.58 Å². The minimum atomic E-state index is -1.23. The molecule has 0 saturated carbocycles. The van der Waals surface area contributed by atoms with Crippen molar-refractivity contribution in [3.05, 3.63) is 48.6 Å². The van der Waals surface area contributed by atoms with Gasteiger partial charge in [0.15, 0.2) is 0 Å². The van der Waals surface area contributed by atoms with E-state index in [-0.39, 0.29) is 25.0 Å². The molecule has 1 aromatic rings. The molecule has 0 aliphatic heterocycles. The maximum absolute atomic E-state index is 10.1. The Labute approximate surface area is 100 Å². The number of benzene rings is 1. The zero-order valence-electron chi connectivity index (χ0n) is 8.01. The zero-order chi connectivity index (χ0) is 11.0. The van der Waals surface area contributed by atoms with Crippen molar-refractivity contribution in [1.82, 2.24) is 0 Å². The van der Waals surface area contributed by atoms with Crippen LogP contribution in [0.5, 0.6) is 0 Å². The van der Waals surface area contributed by atoms with E-state index in [0.717, 1.165) is 6.08 Å². The van der Waals surface area contributed by atoms with Crippen LogP contribution in [-0.2, 0) is 24.3 Å². The second kappa shape index (κ2) is 9.09. The summed E-state index contributed by atoms with van der Waals surface area (Å²) in [4.78, 5) is 19.2. The maximum atomic E-state index is 10.1. The Morgan fingerprint density at radius 1 is 1.13 bits per heavy atom. The first-order valence-corrected chi connectivity index (χ1v) is 3.67. The molecular weight excluding hydrogens is 249 g/mol. The minimum Gasteiger partial charge on any atom is -0.545 e. The summed E-state index contributed by atoms with van der Waals surface area (Å²) in [7, 11) is 0. The largest absolute Gasteiger partial charge is 2.00 e. The van der Waals surface area contributed by atoms with Gasteiger partial charge in [0.25, 0.3) is 0 Å². The summed E-state index contributed by atoms with van der Waals surface area (Å²) in [5, 5.41) is 19.2. The molecule has 0 aromatic heterocycles. The van der Waals surface area contributed by atoms with Crippen LogP contribution in [0.25, 0.3) is 0 Å². The number of carbonyl (C=O) groups excluding carboxylic acids is 2. The maximum Gasteiger partial charge on any atom is 2.00 e. The van der Waals surface area contributed by atoms with Gasteiger partial charge in [0.1, 0.15) is 0 Å². The van der Waals surface area contributed by atoms with Crippen molar-refractivity contribution in [2.75, 3.05) is 0 Å². The van der Waals surface area contributed by atoms with E-state index in [9.17, 15) is 9.90 Å². The van der Waals surface area contributed by atoms with Crippen LogP contribution in [0.3, 0.4) is 0 Å². The van der Waals surface area contributed by atoms with E-state index in [0.29, 0.717) is 0 Å². The molecule has 0 aliphatic rings. The number of carboxylic acid groups (broad SMARTS) is 2. The fourth-order valence-corrected chi connectivity index (χ4v) is 0.574. The molecule has 74 valence electrons. The normalized spacial score (nSPS) is 7.47. The molecule has 0 amide bonds. The first-order chi connectivity index (χ1) is 6.57. The Bertz CT molecular complexity index is 321. The molecule has 15 heavy (non-hydrogen) atoms. The van der Waals surface area contributed by atoms with Gasteiger partial charge >= 0.3 is 19.5 Å². The van der Waals surface area contributed by atoms with Crippen LogP contribution in [0.1, 0.15) is 10.4 Å². The predicted octanol–water partition coefficient (Wildman–Crippen LogP) is -1.03. The SMILES string of the molecule is C=CC(=O)[O-].O=C([O-])c1ccccc1.[Zn+2]. The topological polar surface area (TPSA) is 80.3 Å². The number of aliphatic carboxylic acids is 1. The summed E-state index contributed by atoms with van der Waals surface area (Å²) < 4.78 is 0. The monoisotopic (exact) mass is 256 g/mol. The van der Waals surface area contributed by atoms with Gasteiger partial charge in [-0.25, -0.2) is 0 Å². The minimum absolute atomic E-state index is 0. The third-order valence-corrected chi connectivity index (χ3v) is 1.18. The number of hydrogen-bond acceptors (Lipinski definition) is 4. The van der Waals surface area contributed by atoms with E-state index in [1.54, 1.807) is 18.2 Å². The zero-order valence-corrected chi connectivity index (χ0v) is 11.0. The molecule has 0 atom stereocenters. The van der Waals surface area contributed by atoms with Gasteiger partial charge in [-0.1, -0.05) is 36.9 Å². The van der Waals surface area contributed by atoms with Gasteiger partial charge in [0.2, 0.25) is 0 Å². The van der Waals surface area contributed by atoms with Gasteiger partial charge in [-0.05, 0) is 11.6 Å². The third-order valence-electron chi connectivity index (χ3n) is 1.18. The van der Waals surface area contributed by atoms with Gasteiger partial charge < -0.3 is 19.8 Å². The van der Waals surface area contributed by atoms with Gasteiger partial charge in [-0.3, -0.25) is 0 Å². The molecule has 0 spiro atoms. The van der Waals surface area contributed by atoms with Crippen LogP contribution >= 0.6 is 0 Å². The number of carboxylic acids is 2. The van der Waals surface area contributed by atoms with Crippen molar-refractivity contribution in [3.63, 3.8) is 0 Å². The Morgan fingerprint density at radius 3 is 1.73 bits per heavy atom. The molecule has 0 heterocycles. The van der Waals surface area contributed by atoms with Gasteiger partial charge in [0, 0.05) is 0 Å². The summed E-state index contributed by atoms with van der Waals surface area (Å²) in [5.74, 6) is -2.36. The van der Waals surface area contributed by atoms with Gasteiger partial charge in [-0.15, -0.1) is 0 Å². The van der Waals surface area contributed by atoms with Crippen molar-refractivity contribution in [3.8, 4) is 0 Å². The van der Waals surface area contributed by atoms with Crippen LogP contribution in [0, 0.1) is 0 Å². The first-order valence-electron chi connectivity index (χ1n) is 3.67. The number of carbonyl (C=O) groups is 2. The number of hydrogen-bond donors (Lipinski definition) is 0. The average Bonchev–Trinajstić information content (AvgIpc) is 2.20. The second-order valence-corrected chi connectivity index (χ2v) is 2.18. The van der Waals surface area contributed by atoms with E-state index in [4.69, 9.17) is 9.90 Å². The first kappa shape index (κ1) is 16.0. The molecule has 0 saturated heterocycles. The van der Waals surface area contributed by atoms with Crippen molar-refractivity contribution in [2.24, 2.45) is 0 Å². The van der Waals surface area contributed by atoms with E-state index in [1.807, 2.05) is 0 Å². The molecule has 1 aromatic carbocycles. The quantitative estimate of drug-likeness (QED) is 0.501. The molecule has 0 radical (unpaired) electrons. The van der Waals surface area contributed by atoms with E-state index >= 15 is 0 Å². The molecule has 4 nitrogen and oxygen atoms in total. The van der Waals surface area contributed by atoms with Crippen molar-refractivity contribution >= 4 is 11.9 Å². The third kappa shape index (κ3) is 8.84. The fraction of sp³-hybridized carbons (Fsp3) is 0. The van der Waals surface area contributed by atoms with Crippen LogP contribution < -0.4 is 10.2 Å². The van der Waals surface area contributed by atoms with Crippen molar-refractivity contribution < 1.29 is 39.3 Å². The van der Waals surface area contributed by atoms with E-state index < -0.39 is 11.9 Å². The summed E-state index contributed by atoms with van der Waals surface area (Å²) in [5.41, 5.74) is 0.220. The van der Waals surface area contributed by atoms with Crippen LogP contribution in [-0.4, -0.2) is 11.9 Å². The number of aromatic carboxylic acids is 1. The summed E-state index contributed by atoms with van der Waals surface area (Å²) >= 11 is 0. The summed E-state index contributed by atoms with van der Waals surface area (Å²) in [6.07, 6.45) is 0.722. The predicted molar refractivity (Wildman–Crippen MR) is 46.0 cm³/mol. The Kier molecular flexibility index (Phi) is 9.68. The Hall–Kier alpha value is -1.48. The van der Waals surface area contributed by atoms with Crippen LogP contribution in [0.4, 0.5) is 0 Å². The number of rotatable bonds is 2.